The second kappa shape index (κ2) is 7.37. The van der Waals surface area contributed by atoms with E-state index in [9.17, 15) is 4.79 Å². The standard InChI is InChI=1S/C23H26N6O2/c1-3-16(30)29-11-8-23(9-12-29)6-4-15(5-7-23)19-17(22-25-10-13-31-22)18-20(24)26-14-27-21(18)28(19)2/h3-4,10,13-14H,1,5-9,11-12H2,2H3,(H2,24,26,27). The number of likely N-dealkylation sites (tertiary alicyclic amines) is 1. The molecule has 0 saturated carbocycles. The maximum atomic E-state index is 11.9. The number of piperidine rings is 1. The Hall–Kier alpha value is -3.42. The predicted octanol–water partition coefficient (Wildman–Crippen LogP) is 3.57. The molecule has 0 unspecified atom stereocenters. The van der Waals surface area contributed by atoms with E-state index in [2.05, 4.69) is 32.2 Å². The third-order valence-electron chi connectivity index (χ3n) is 6.96. The molecule has 31 heavy (non-hydrogen) atoms. The van der Waals surface area contributed by atoms with Crippen LogP contribution in [0.3, 0.4) is 0 Å². The number of amides is 1. The van der Waals surface area contributed by atoms with Crippen molar-refractivity contribution >= 4 is 28.3 Å². The van der Waals surface area contributed by atoms with Gasteiger partial charge in [-0.3, -0.25) is 4.79 Å². The summed E-state index contributed by atoms with van der Waals surface area (Å²) in [6.07, 6.45) is 13.5. The van der Waals surface area contributed by atoms with E-state index in [-0.39, 0.29) is 11.3 Å². The molecule has 1 spiro atoms. The zero-order chi connectivity index (χ0) is 21.6. The quantitative estimate of drug-likeness (QED) is 0.652. The van der Waals surface area contributed by atoms with Crippen LogP contribution < -0.4 is 5.73 Å². The Kier molecular flexibility index (Phi) is 4.64. The minimum Gasteiger partial charge on any atom is -0.444 e. The summed E-state index contributed by atoms with van der Waals surface area (Å²) in [5.41, 5.74) is 10.4. The van der Waals surface area contributed by atoms with Gasteiger partial charge >= 0.3 is 0 Å². The molecule has 160 valence electrons. The lowest BCUT2D eigenvalue weighted by Gasteiger charge is -2.43. The Balaban J connectivity index is 1.51. The van der Waals surface area contributed by atoms with Crippen molar-refractivity contribution in [2.45, 2.75) is 32.1 Å². The van der Waals surface area contributed by atoms with Crippen LogP contribution in [0.4, 0.5) is 5.82 Å². The lowest BCUT2D eigenvalue weighted by atomic mass is 9.68. The molecule has 0 aromatic carbocycles. The van der Waals surface area contributed by atoms with Crippen LogP contribution in [0.2, 0.25) is 0 Å². The molecule has 3 aromatic rings. The molecule has 1 saturated heterocycles. The van der Waals surface area contributed by atoms with Crippen molar-refractivity contribution in [2.75, 3.05) is 18.8 Å². The maximum absolute atomic E-state index is 11.9. The summed E-state index contributed by atoms with van der Waals surface area (Å²) in [4.78, 5) is 26.9. The van der Waals surface area contributed by atoms with Crippen LogP contribution in [-0.2, 0) is 11.8 Å². The molecule has 4 heterocycles. The Morgan fingerprint density at radius 1 is 1.26 bits per heavy atom. The van der Waals surface area contributed by atoms with Crippen LogP contribution in [0.5, 0.6) is 0 Å². The first-order chi connectivity index (χ1) is 15.0. The number of aryl methyl sites for hydroxylation is 1. The van der Waals surface area contributed by atoms with E-state index in [1.807, 2.05) is 11.9 Å². The third-order valence-corrected chi connectivity index (χ3v) is 6.96. The lowest BCUT2D eigenvalue weighted by Crippen LogP contribution is -2.43. The van der Waals surface area contributed by atoms with Gasteiger partial charge in [-0.05, 0) is 49.2 Å². The lowest BCUT2D eigenvalue weighted by molar-refractivity contribution is -0.128. The van der Waals surface area contributed by atoms with Gasteiger partial charge in [-0.25, -0.2) is 15.0 Å². The molecule has 1 fully saturated rings. The monoisotopic (exact) mass is 418 g/mol. The number of hydrogen-bond donors (Lipinski definition) is 1. The molecular formula is C23H26N6O2. The van der Waals surface area contributed by atoms with E-state index >= 15 is 0 Å². The number of nitrogen functional groups attached to an aromatic ring is 1. The number of carbonyl (C=O) groups is 1. The highest BCUT2D eigenvalue weighted by molar-refractivity contribution is 6.04. The molecule has 8 nitrogen and oxygen atoms in total. The predicted molar refractivity (Wildman–Crippen MR) is 119 cm³/mol. The van der Waals surface area contributed by atoms with Gasteiger partial charge in [0.25, 0.3) is 0 Å². The summed E-state index contributed by atoms with van der Waals surface area (Å²) in [5, 5.41) is 0.778. The third kappa shape index (κ3) is 3.13. The number of fused-ring (bicyclic) bond motifs is 1. The second-order valence-corrected chi connectivity index (χ2v) is 8.54. The van der Waals surface area contributed by atoms with E-state index < -0.39 is 0 Å². The summed E-state index contributed by atoms with van der Waals surface area (Å²) in [6, 6.07) is 0. The molecule has 1 aliphatic carbocycles. The van der Waals surface area contributed by atoms with Gasteiger partial charge in [-0.2, -0.15) is 0 Å². The summed E-state index contributed by atoms with van der Waals surface area (Å²) < 4.78 is 7.75. The highest BCUT2D eigenvalue weighted by atomic mass is 16.3. The number of nitrogens with two attached hydrogens (primary N) is 1. The van der Waals surface area contributed by atoms with Crippen molar-refractivity contribution in [1.29, 1.82) is 0 Å². The number of carbonyl (C=O) groups excluding carboxylic acids is 1. The molecule has 1 aliphatic heterocycles. The number of nitrogens with zero attached hydrogens (tertiary/aromatic N) is 5. The fourth-order valence-corrected chi connectivity index (χ4v) is 5.15. The summed E-state index contributed by atoms with van der Waals surface area (Å²) in [7, 11) is 2.00. The molecule has 2 N–H and O–H groups in total. The zero-order valence-corrected chi connectivity index (χ0v) is 17.7. The van der Waals surface area contributed by atoms with Gasteiger partial charge < -0.3 is 19.6 Å². The van der Waals surface area contributed by atoms with Gasteiger partial charge in [0.05, 0.1) is 22.8 Å². The SMILES string of the molecule is C=CC(=O)N1CCC2(CC=C(c3c(-c4ncco4)c4c(N)ncnc4n3C)CC2)CC1. The van der Waals surface area contributed by atoms with Crippen LogP contribution in [-0.4, -0.2) is 43.4 Å². The molecule has 1 amide bonds. The highest BCUT2D eigenvalue weighted by Crippen LogP contribution is 2.48. The van der Waals surface area contributed by atoms with Gasteiger partial charge in [0.2, 0.25) is 11.8 Å². The molecule has 2 aliphatic rings. The molecule has 8 heteroatoms. The Labute approximate surface area is 180 Å². The average molecular weight is 419 g/mol. The van der Waals surface area contributed by atoms with Crippen LogP contribution in [0.15, 0.2) is 41.9 Å². The number of oxazole rings is 1. The Morgan fingerprint density at radius 3 is 2.71 bits per heavy atom. The molecule has 0 radical (unpaired) electrons. The summed E-state index contributed by atoms with van der Waals surface area (Å²) in [6.45, 7) is 5.21. The van der Waals surface area contributed by atoms with Gasteiger partial charge in [0, 0.05) is 20.1 Å². The van der Waals surface area contributed by atoms with E-state index in [0.717, 1.165) is 67.5 Å². The van der Waals surface area contributed by atoms with Gasteiger partial charge in [0.15, 0.2) is 0 Å². The van der Waals surface area contributed by atoms with Gasteiger partial charge in [0.1, 0.15) is 24.1 Å². The molecule has 5 rings (SSSR count). The number of allylic oxidation sites excluding steroid dienone is 2. The van der Waals surface area contributed by atoms with Crippen LogP contribution in [0, 0.1) is 5.41 Å². The van der Waals surface area contributed by atoms with Crippen molar-refractivity contribution in [3.8, 4) is 11.5 Å². The van der Waals surface area contributed by atoms with Crippen molar-refractivity contribution in [3.05, 3.63) is 43.2 Å². The molecule has 0 bridgehead atoms. The van der Waals surface area contributed by atoms with E-state index in [4.69, 9.17) is 10.2 Å². The number of rotatable bonds is 3. The zero-order valence-electron chi connectivity index (χ0n) is 17.7. The fourth-order valence-electron chi connectivity index (χ4n) is 5.15. The molecular weight excluding hydrogens is 392 g/mol. The minimum atomic E-state index is 0.0340. The van der Waals surface area contributed by atoms with Crippen molar-refractivity contribution in [3.63, 3.8) is 0 Å². The minimum absolute atomic E-state index is 0.0340. The van der Waals surface area contributed by atoms with Crippen LogP contribution in [0.25, 0.3) is 28.1 Å². The Bertz CT molecular complexity index is 1180. The van der Waals surface area contributed by atoms with Crippen molar-refractivity contribution in [1.82, 2.24) is 24.4 Å². The molecule has 0 atom stereocenters. The number of hydrogen-bond acceptors (Lipinski definition) is 6. The smallest absolute Gasteiger partial charge is 0.245 e. The van der Waals surface area contributed by atoms with Crippen LogP contribution in [0.1, 0.15) is 37.8 Å². The average Bonchev–Trinajstić information content (AvgIpc) is 3.42. The van der Waals surface area contributed by atoms with Crippen molar-refractivity contribution in [2.24, 2.45) is 12.5 Å². The van der Waals surface area contributed by atoms with Crippen molar-refractivity contribution < 1.29 is 9.21 Å². The van der Waals surface area contributed by atoms with E-state index in [1.165, 1.54) is 18.0 Å². The van der Waals surface area contributed by atoms with Crippen LogP contribution >= 0.6 is 0 Å². The first-order valence-electron chi connectivity index (χ1n) is 10.6. The number of anilines is 1. The normalized spacial score (nSPS) is 18.4. The number of aromatic nitrogens is 4. The first-order valence-corrected chi connectivity index (χ1v) is 10.6. The summed E-state index contributed by atoms with van der Waals surface area (Å²) in [5.74, 6) is 0.985. The first kappa shape index (κ1) is 19.5. The highest BCUT2D eigenvalue weighted by Gasteiger charge is 2.37. The topological polar surface area (TPSA) is 103 Å². The fraction of sp³-hybridized carbons (Fsp3) is 0.391. The van der Waals surface area contributed by atoms with Gasteiger partial charge in [-0.1, -0.05) is 12.7 Å². The molecule has 3 aromatic heterocycles. The maximum Gasteiger partial charge on any atom is 0.245 e. The van der Waals surface area contributed by atoms with E-state index in [1.54, 1.807) is 12.5 Å². The Morgan fingerprint density at radius 2 is 2.06 bits per heavy atom. The largest absolute Gasteiger partial charge is 0.444 e. The van der Waals surface area contributed by atoms with Gasteiger partial charge in [-0.15, -0.1) is 0 Å². The second-order valence-electron chi connectivity index (χ2n) is 8.54. The summed E-state index contributed by atoms with van der Waals surface area (Å²) >= 11 is 0. The van der Waals surface area contributed by atoms with E-state index in [0.29, 0.717) is 11.7 Å².